The lowest BCUT2D eigenvalue weighted by molar-refractivity contribution is 0.561. The van der Waals surface area contributed by atoms with Gasteiger partial charge in [-0.25, -0.2) is 4.39 Å². The van der Waals surface area contributed by atoms with Crippen molar-refractivity contribution in [1.82, 2.24) is 0 Å². The lowest BCUT2D eigenvalue weighted by atomic mass is 10.1. The Balaban J connectivity index is 3.11. The zero-order chi connectivity index (χ0) is 14.5. The van der Waals surface area contributed by atoms with Gasteiger partial charge in [0.15, 0.2) is 0 Å². The van der Waals surface area contributed by atoms with E-state index >= 15 is 0 Å². The van der Waals surface area contributed by atoms with Gasteiger partial charge in [-0.1, -0.05) is 28.7 Å². The fourth-order valence-electron chi connectivity index (χ4n) is 1.40. The van der Waals surface area contributed by atoms with Crippen molar-refractivity contribution in [3.63, 3.8) is 0 Å². The SMILES string of the molecule is C=CCC/C(=N\[S+]([O-])C(C)(C)C)c1ccccc1F. The van der Waals surface area contributed by atoms with E-state index < -0.39 is 16.1 Å². The molecule has 19 heavy (non-hydrogen) atoms. The molecule has 1 rings (SSSR count). The van der Waals surface area contributed by atoms with Crippen LogP contribution in [0.5, 0.6) is 0 Å². The molecule has 0 aliphatic heterocycles. The van der Waals surface area contributed by atoms with E-state index in [4.69, 9.17) is 0 Å². The molecule has 0 saturated heterocycles. The number of nitrogens with zero attached hydrogens (tertiary/aromatic N) is 1. The van der Waals surface area contributed by atoms with Gasteiger partial charge < -0.3 is 4.55 Å². The van der Waals surface area contributed by atoms with Gasteiger partial charge in [-0.2, -0.15) is 0 Å². The number of allylic oxidation sites excluding steroid dienone is 1. The van der Waals surface area contributed by atoms with E-state index in [0.717, 1.165) is 0 Å². The minimum Gasteiger partial charge on any atom is -0.591 e. The summed E-state index contributed by atoms with van der Waals surface area (Å²) in [7, 11) is 0. The molecule has 0 N–H and O–H groups in total. The standard InChI is InChI=1S/C15H20FNOS/c1-5-6-11-14(17-19(18)15(2,3)4)12-9-7-8-10-13(12)16/h5,7-10H,1,6,11H2,2-4H3/b17-14+. The second kappa shape index (κ2) is 6.87. The second-order valence-electron chi connectivity index (χ2n) is 5.21. The highest BCUT2D eigenvalue weighted by molar-refractivity contribution is 7.91. The molecular weight excluding hydrogens is 261 g/mol. The van der Waals surface area contributed by atoms with E-state index in [1.807, 2.05) is 20.8 Å². The molecule has 0 fully saturated rings. The molecule has 0 spiro atoms. The maximum absolute atomic E-state index is 13.8. The van der Waals surface area contributed by atoms with E-state index in [1.54, 1.807) is 24.3 Å². The van der Waals surface area contributed by atoms with E-state index in [1.165, 1.54) is 6.07 Å². The van der Waals surface area contributed by atoms with Crippen molar-refractivity contribution in [3.05, 3.63) is 48.3 Å². The zero-order valence-corrected chi connectivity index (χ0v) is 12.5. The predicted octanol–water partition coefficient (Wildman–Crippen LogP) is 4.04. The van der Waals surface area contributed by atoms with E-state index in [-0.39, 0.29) is 5.82 Å². The van der Waals surface area contributed by atoms with Crippen LogP contribution in [-0.2, 0) is 11.4 Å². The van der Waals surface area contributed by atoms with Crippen LogP contribution < -0.4 is 0 Å². The van der Waals surface area contributed by atoms with Crippen LogP contribution in [0, 0.1) is 5.82 Å². The molecule has 0 amide bonds. The normalized spacial score (nSPS) is 14.3. The average molecular weight is 281 g/mol. The Labute approximate surface area is 117 Å². The van der Waals surface area contributed by atoms with Gasteiger partial charge in [-0.15, -0.1) is 6.58 Å². The van der Waals surface area contributed by atoms with Crippen LogP contribution in [-0.4, -0.2) is 15.0 Å². The third-order valence-electron chi connectivity index (χ3n) is 2.49. The van der Waals surface area contributed by atoms with Crippen LogP contribution in [0.3, 0.4) is 0 Å². The Morgan fingerprint density at radius 2 is 2.05 bits per heavy atom. The molecule has 1 atom stereocenters. The molecule has 1 aromatic carbocycles. The van der Waals surface area contributed by atoms with Crippen molar-refractivity contribution >= 4 is 17.1 Å². The molecule has 0 heterocycles. The zero-order valence-electron chi connectivity index (χ0n) is 11.6. The van der Waals surface area contributed by atoms with Gasteiger partial charge in [0.2, 0.25) is 0 Å². The highest BCUT2D eigenvalue weighted by Gasteiger charge is 2.27. The first kappa shape index (κ1) is 15.9. The van der Waals surface area contributed by atoms with Gasteiger partial charge >= 0.3 is 0 Å². The molecule has 0 aliphatic carbocycles. The van der Waals surface area contributed by atoms with Crippen LogP contribution >= 0.6 is 0 Å². The van der Waals surface area contributed by atoms with Crippen LogP contribution in [0.15, 0.2) is 41.3 Å². The summed E-state index contributed by atoms with van der Waals surface area (Å²) in [6.45, 7) is 9.19. The Hall–Kier alpha value is -1.13. The van der Waals surface area contributed by atoms with Crippen LogP contribution in [0.25, 0.3) is 0 Å². The van der Waals surface area contributed by atoms with Crippen LogP contribution in [0.4, 0.5) is 4.39 Å². The summed E-state index contributed by atoms with van der Waals surface area (Å²) in [5.74, 6) is -0.337. The number of hydrogen-bond donors (Lipinski definition) is 0. The third kappa shape index (κ3) is 4.80. The summed E-state index contributed by atoms with van der Waals surface area (Å²) in [4.78, 5) is 0. The van der Waals surface area contributed by atoms with Gasteiger partial charge in [-0.3, -0.25) is 0 Å². The van der Waals surface area contributed by atoms with Crippen molar-refractivity contribution < 1.29 is 8.94 Å². The van der Waals surface area contributed by atoms with Crippen molar-refractivity contribution in [2.75, 3.05) is 0 Å². The molecule has 1 unspecified atom stereocenters. The number of benzene rings is 1. The van der Waals surface area contributed by atoms with Crippen molar-refractivity contribution in [3.8, 4) is 0 Å². The van der Waals surface area contributed by atoms with Gasteiger partial charge in [-0.05, 0) is 39.7 Å². The number of hydrogen-bond acceptors (Lipinski definition) is 2. The molecule has 0 saturated carbocycles. The quantitative estimate of drug-likeness (QED) is 0.455. The van der Waals surface area contributed by atoms with Crippen LogP contribution in [0.1, 0.15) is 39.2 Å². The molecule has 1 aromatic rings. The molecule has 0 bridgehead atoms. The van der Waals surface area contributed by atoms with Gasteiger partial charge in [0.1, 0.15) is 27.6 Å². The number of rotatable bonds is 5. The molecule has 0 aromatic heterocycles. The molecule has 0 aliphatic rings. The molecule has 104 valence electrons. The molecular formula is C15H20FNOS. The van der Waals surface area contributed by atoms with Crippen molar-refractivity contribution in [1.29, 1.82) is 0 Å². The Morgan fingerprint density at radius 1 is 1.42 bits per heavy atom. The van der Waals surface area contributed by atoms with E-state index in [9.17, 15) is 8.94 Å². The highest BCUT2D eigenvalue weighted by atomic mass is 32.2. The van der Waals surface area contributed by atoms with E-state index in [2.05, 4.69) is 11.0 Å². The van der Waals surface area contributed by atoms with Gasteiger partial charge in [0.05, 0.1) is 0 Å². The summed E-state index contributed by atoms with van der Waals surface area (Å²) < 4.78 is 29.7. The average Bonchev–Trinajstić information content (AvgIpc) is 2.34. The fraction of sp³-hybridized carbons (Fsp3) is 0.400. The maximum Gasteiger partial charge on any atom is 0.144 e. The second-order valence-corrected chi connectivity index (χ2v) is 7.11. The molecule has 2 nitrogen and oxygen atoms in total. The topological polar surface area (TPSA) is 35.4 Å². The first-order valence-corrected chi connectivity index (χ1v) is 7.32. The summed E-state index contributed by atoms with van der Waals surface area (Å²) in [5.41, 5.74) is 0.952. The van der Waals surface area contributed by atoms with E-state index in [0.29, 0.717) is 24.1 Å². The smallest absolute Gasteiger partial charge is 0.144 e. The molecule has 0 radical (unpaired) electrons. The Kier molecular flexibility index (Phi) is 5.76. The first-order chi connectivity index (χ1) is 8.86. The Morgan fingerprint density at radius 3 is 2.58 bits per heavy atom. The lowest BCUT2D eigenvalue weighted by Gasteiger charge is -2.19. The first-order valence-electron chi connectivity index (χ1n) is 6.21. The van der Waals surface area contributed by atoms with Crippen LogP contribution in [0.2, 0.25) is 0 Å². The monoisotopic (exact) mass is 281 g/mol. The summed E-state index contributed by atoms with van der Waals surface area (Å²) in [6, 6.07) is 6.43. The van der Waals surface area contributed by atoms with Crippen molar-refractivity contribution in [2.24, 2.45) is 4.40 Å². The summed E-state index contributed by atoms with van der Waals surface area (Å²) in [5, 5.41) is 0. The minimum absolute atomic E-state index is 0.337. The minimum atomic E-state index is -1.39. The van der Waals surface area contributed by atoms with Gasteiger partial charge in [0.25, 0.3) is 0 Å². The number of halogens is 1. The summed E-state index contributed by atoms with van der Waals surface area (Å²) in [6.07, 6.45) is 2.96. The molecule has 4 heteroatoms. The lowest BCUT2D eigenvalue weighted by Crippen LogP contribution is -2.27. The Bertz CT molecular complexity index is 465. The predicted molar refractivity (Wildman–Crippen MR) is 80.3 cm³/mol. The largest absolute Gasteiger partial charge is 0.591 e. The maximum atomic E-state index is 13.8. The van der Waals surface area contributed by atoms with Gasteiger partial charge in [0, 0.05) is 5.56 Å². The fourth-order valence-corrected chi connectivity index (χ4v) is 2.06. The third-order valence-corrected chi connectivity index (χ3v) is 3.92. The van der Waals surface area contributed by atoms with Crippen molar-refractivity contribution in [2.45, 2.75) is 38.4 Å². The highest BCUT2D eigenvalue weighted by Crippen LogP contribution is 2.20. The summed E-state index contributed by atoms with van der Waals surface area (Å²) >= 11 is -1.39.